The lowest BCUT2D eigenvalue weighted by molar-refractivity contribution is 0.210. The molecule has 0 aromatic heterocycles. The van der Waals surface area contributed by atoms with Crippen LogP contribution in [0.25, 0.3) is 0 Å². The minimum atomic E-state index is 0.506. The Bertz CT molecular complexity index is 172. The number of nitrogens with zero attached hydrogens (tertiary/aromatic N) is 2. The number of hydrogen-bond acceptors (Lipinski definition) is 2. The van der Waals surface area contributed by atoms with Gasteiger partial charge in [-0.3, -0.25) is 0 Å². The van der Waals surface area contributed by atoms with Crippen molar-refractivity contribution in [3.05, 3.63) is 24.6 Å². The van der Waals surface area contributed by atoms with E-state index in [-0.39, 0.29) is 0 Å². The first-order valence-electron chi connectivity index (χ1n) is 4.03. The van der Waals surface area contributed by atoms with Gasteiger partial charge in [0, 0.05) is 26.0 Å². The third-order valence-electron chi connectivity index (χ3n) is 2.11. The van der Waals surface area contributed by atoms with Crippen LogP contribution < -0.4 is 0 Å². The van der Waals surface area contributed by atoms with Crippen molar-refractivity contribution in [2.45, 2.75) is 20.0 Å². The molecule has 1 unspecified atom stereocenters. The highest BCUT2D eigenvalue weighted by Gasteiger charge is 2.16. The van der Waals surface area contributed by atoms with Gasteiger partial charge >= 0.3 is 0 Å². The molecule has 0 N–H and O–H groups in total. The third kappa shape index (κ3) is 1.76. The normalized spacial score (nSPS) is 24.1. The number of allylic oxidation sites excluding steroid dienone is 1. The SMILES string of the molecule is CC=CCN1C=CN(C)C1C. The molecule has 1 rings (SSSR count). The van der Waals surface area contributed by atoms with E-state index in [1.807, 2.05) is 6.92 Å². The van der Waals surface area contributed by atoms with Crippen LogP contribution in [-0.4, -0.2) is 29.6 Å². The van der Waals surface area contributed by atoms with Gasteiger partial charge in [-0.1, -0.05) is 12.2 Å². The van der Waals surface area contributed by atoms with Crippen LogP contribution in [0.15, 0.2) is 24.6 Å². The van der Waals surface area contributed by atoms with Gasteiger partial charge in [0.15, 0.2) is 0 Å². The second-order valence-corrected chi connectivity index (χ2v) is 2.86. The molecule has 0 aliphatic carbocycles. The van der Waals surface area contributed by atoms with Gasteiger partial charge in [-0.25, -0.2) is 0 Å². The van der Waals surface area contributed by atoms with E-state index < -0.39 is 0 Å². The Balaban J connectivity index is 2.42. The molecular weight excluding hydrogens is 136 g/mol. The molecule has 0 amide bonds. The van der Waals surface area contributed by atoms with E-state index in [4.69, 9.17) is 0 Å². The van der Waals surface area contributed by atoms with Crippen LogP contribution in [0.2, 0.25) is 0 Å². The van der Waals surface area contributed by atoms with Crippen LogP contribution in [0.1, 0.15) is 13.8 Å². The van der Waals surface area contributed by atoms with Crippen molar-refractivity contribution in [2.75, 3.05) is 13.6 Å². The van der Waals surface area contributed by atoms with Crippen molar-refractivity contribution in [3.8, 4) is 0 Å². The van der Waals surface area contributed by atoms with E-state index in [9.17, 15) is 0 Å². The van der Waals surface area contributed by atoms with Gasteiger partial charge in [0.1, 0.15) is 0 Å². The van der Waals surface area contributed by atoms with Crippen LogP contribution in [0, 0.1) is 0 Å². The zero-order valence-corrected chi connectivity index (χ0v) is 7.49. The molecule has 1 aliphatic rings. The summed E-state index contributed by atoms with van der Waals surface area (Å²) in [6.07, 6.45) is 8.99. The first kappa shape index (κ1) is 8.18. The molecule has 1 heterocycles. The molecule has 0 aromatic rings. The Kier molecular flexibility index (Phi) is 2.58. The van der Waals surface area contributed by atoms with Gasteiger partial charge in [-0.05, 0) is 13.8 Å². The fraction of sp³-hybridized carbons (Fsp3) is 0.556. The molecule has 0 spiro atoms. The topological polar surface area (TPSA) is 6.48 Å². The minimum absolute atomic E-state index is 0.506. The molecule has 2 nitrogen and oxygen atoms in total. The van der Waals surface area contributed by atoms with E-state index in [0.717, 1.165) is 6.54 Å². The molecule has 1 aliphatic heterocycles. The Hall–Kier alpha value is -0.920. The standard InChI is InChI=1S/C9H16N2/c1-4-5-6-11-8-7-10(3)9(11)2/h4-5,7-9H,6H2,1-3H3. The summed E-state index contributed by atoms with van der Waals surface area (Å²) in [5, 5.41) is 0. The zero-order valence-electron chi connectivity index (χ0n) is 7.49. The van der Waals surface area contributed by atoms with Crippen LogP contribution in [0.4, 0.5) is 0 Å². The molecule has 0 radical (unpaired) electrons. The monoisotopic (exact) mass is 152 g/mol. The van der Waals surface area contributed by atoms with Gasteiger partial charge in [0.2, 0.25) is 0 Å². The van der Waals surface area contributed by atoms with E-state index in [0.29, 0.717) is 6.17 Å². The lowest BCUT2D eigenvalue weighted by Gasteiger charge is -2.25. The minimum Gasteiger partial charge on any atom is -0.359 e. The van der Waals surface area contributed by atoms with E-state index in [1.54, 1.807) is 0 Å². The summed E-state index contributed by atoms with van der Waals surface area (Å²) < 4.78 is 0. The summed E-state index contributed by atoms with van der Waals surface area (Å²) in [6.45, 7) is 5.26. The third-order valence-corrected chi connectivity index (χ3v) is 2.11. The Morgan fingerprint density at radius 2 is 2.18 bits per heavy atom. The highest BCUT2D eigenvalue weighted by molar-refractivity contribution is 4.97. The zero-order chi connectivity index (χ0) is 8.27. The van der Waals surface area contributed by atoms with Crippen molar-refractivity contribution in [1.29, 1.82) is 0 Å². The first-order valence-corrected chi connectivity index (χ1v) is 4.03. The maximum Gasteiger partial charge on any atom is 0.0978 e. The number of rotatable bonds is 2. The predicted molar refractivity (Wildman–Crippen MR) is 47.9 cm³/mol. The molecule has 0 saturated heterocycles. The fourth-order valence-electron chi connectivity index (χ4n) is 1.11. The molecule has 62 valence electrons. The molecule has 0 fully saturated rings. The lowest BCUT2D eigenvalue weighted by atomic mass is 10.4. The lowest BCUT2D eigenvalue weighted by Crippen LogP contribution is -2.33. The van der Waals surface area contributed by atoms with Gasteiger partial charge < -0.3 is 9.80 Å². The Morgan fingerprint density at radius 3 is 2.64 bits per heavy atom. The molecule has 2 heteroatoms. The average molecular weight is 152 g/mol. The summed E-state index contributed by atoms with van der Waals surface area (Å²) >= 11 is 0. The van der Waals surface area contributed by atoms with Crippen LogP contribution in [-0.2, 0) is 0 Å². The summed E-state index contributed by atoms with van der Waals surface area (Å²) in [5.41, 5.74) is 0. The summed E-state index contributed by atoms with van der Waals surface area (Å²) in [5.74, 6) is 0. The smallest absolute Gasteiger partial charge is 0.0978 e. The molecule has 0 aromatic carbocycles. The molecule has 1 atom stereocenters. The number of hydrogen-bond donors (Lipinski definition) is 0. The van der Waals surface area contributed by atoms with E-state index >= 15 is 0 Å². The fourth-order valence-corrected chi connectivity index (χ4v) is 1.11. The Morgan fingerprint density at radius 1 is 1.45 bits per heavy atom. The van der Waals surface area contributed by atoms with Gasteiger partial charge in [0.05, 0.1) is 6.17 Å². The molecule has 0 saturated carbocycles. The van der Waals surface area contributed by atoms with Gasteiger partial charge in [-0.2, -0.15) is 0 Å². The first-order chi connectivity index (χ1) is 5.25. The van der Waals surface area contributed by atoms with Crippen molar-refractivity contribution in [2.24, 2.45) is 0 Å². The quantitative estimate of drug-likeness (QED) is 0.555. The van der Waals surface area contributed by atoms with Crippen molar-refractivity contribution in [3.63, 3.8) is 0 Å². The summed E-state index contributed by atoms with van der Waals surface area (Å²) in [7, 11) is 2.09. The van der Waals surface area contributed by atoms with Crippen molar-refractivity contribution in [1.82, 2.24) is 9.80 Å². The van der Waals surface area contributed by atoms with E-state index in [2.05, 4.69) is 48.3 Å². The van der Waals surface area contributed by atoms with E-state index in [1.165, 1.54) is 0 Å². The van der Waals surface area contributed by atoms with Gasteiger partial charge in [0.25, 0.3) is 0 Å². The molecular formula is C9H16N2. The van der Waals surface area contributed by atoms with Crippen LogP contribution in [0.5, 0.6) is 0 Å². The summed E-state index contributed by atoms with van der Waals surface area (Å²) in [4.78, 5) is 4.49. The second kappa shape index (κ2) is 3.46. The maximum absolute atomic E-state index is 2.29. The van der Waals surface area contributed by atoms with Gasteiger partial charge in [-0.15, -0.1) is 0 Å². The predicted octanol–water partition coefficient (Wildman–Crippen LogP) is 1.63. The average Bonchev–Trinajstić information content (AvgIpc) is 2.31. The highest BCUT2D eigenvalue weighted by Crippen LogP contribution is 2.11. The Labute approximate surface area is 68.8 Å². The summed E-state index contributed by atoms with van der Waals surface area (Å²) in [6, 6.07) is 0. The van der Waals surface area contributed by atoms with Crippen molar-refractivity contribution >= 4 is 0 Å². The maximum atomic E-state index is 2.29. The molecule has 0 bridgehead atoms. The molecule has 11 heavy (non-hydrogen) atoms. The van der Waals surface area contributed by atoms with Crippen LogP contribution in [0.3, 0.4) is 0 Å². The van der Waals surface area contributed by atoms with Crippen molar-refractivity contribution < 1.29 is 0 Å². The largest absolute Gasteiger partial charge is 0.359 e. The van der Waals surface area contributed by atoms with Crippen LogP contribution >= 0.6 is 0 Å². The second-order valence-electron chi connectivity index (χ2n) is 2.86. The highest BCUT2D eigenvalue weighted by atomic mass is 15.4.